The number of aryl methyl sites for hydroxylation is 3. The van der Waals surface area contributed by atoms with Gasteiger partial charge in [0.15, 0.2) is 12.3 Å². The van der Waals surface area contributed by atoms with E-state index in [1.807, 2.05) is 63.2 Å². The topological polar surface area (TPSA) is 68.3 Å². The minimum Gasteiger partial charge on any atom is -0.451 e. The number of ether oxygens (including phenoxy) is 1. The first-order valence-electron chi connectivity index (χ1n) is 8.48. The number of thiazole rings is 1. The number of esters is 1. The van der Waals surface area contributed by atoms with E-state index in [1.54, 1.807) is 5.38 Å². The van der Waals surface area contributed by atoms with Gasteiger partial charge in [0.1, 0.15) is 5.01 Å². The number of amides is 1. The van der Waals surface area contributed by atoms with Gasteiger partial charge in [0.2, 0.25) is 0 Å². The molecule has 0 spiro atoms. The van der Waals surface area contributed by atoms with E-state index in [4.69, 9.17) is 4.74 Å². The smallest absolute Gasteiger partial charge is 0.358 e. The molecule has 1 heterocycles. The van der Waals surface area contributed by atoms with Crippen LogP contribution in [0, 0.1) is 20.8 Å². The number of nitrogens with one attached hydrogen (secondary N) is 1. The van der Waals surface area contributed by atoms with Gasteiger partial charge in [-0.3, -0.25) is 4.79 Å². The van der Waals surface area contributed by atoms with Crippen LogP contribution in [0.15, 0.2) is 47.8 Å². The Hall–Kier alpha value is -2.99. The van der Waals surface area contributed by atoms with Crippen LogP contribution in [0.5, 0.6) is 0 Å². The molecule has 0 unspecified atom stereocenters. The van der Waals surface area contributed by atoms with Gasteiger partial charge in [-0.2, -0.15) is 0 Å². The molecular weight excluding hydrogens is 360 g/mol. The summed E-state index contributed by atoms with van der Waals surface area (Å²) < 4.78 is 5.08. The van der Waals surface area contributed by atoms with Crippen LogP contribution in [0.3, 0.4) is 0 Å². The Kier molecular flexibility index (Phi) is 5.66. The van der Waals surface area contributed by atoms with Crippen molar-refractivity contribution in [3.63, 3.8) is 0 Å². The Morgan fingerprint density at radius 2 is 1.67 bits per heavy atom. The lowest BCUT2D eigenvalue weighted by molar-refractivity contribution is -0.119. The van der Waals surface area contributed by atoms with Gasteiger partial charge in [0, 0.05) is 16.6 Å². The van der Waals surface area contributed by atoms with Crippen molar-refractivity contribution in [2.45, 2.75) is 20.8 Å². The minimum atomic E-state index is -0.611. The molecule has 0 radical (unpaired) electrons. The van der Waals surface area contributed by atoms with Crippen LogP contribution in [0.1, 0.15) is 27.2 Å². The number of aromatic nitrogens is 1. The molecule has 0 aliphatic carbocycles. The summed E-state index contributed by atoms with van der Waals surface area (Å²) in [5.74, 6) is -0.998. The van der Waals surface area contributed by atoms with E-state index in [2.05, 4.69) is 10.3 Å². The van der Waals surface area contributed by atoms with Crippen molar-refractivity contribution in [2.24, 2.45) is 0 Å². The molecule has 3 rings (SSSR count). The monoisotopic (exact) mass is 380 g/mol. The molecule has 5 nitrogen and oxygen atoms in total. The fraction of sp³-hybridized carbons (Fsp3) is 0.190. The standard InChI is InChI=1S/C21H20N2O3S/c1-13-4-6-16(7-5-13)20-23-18(12-27-20)21(25)26-11-19(24)22-17-9-14(2)8-15(3)10-17/h4-10,12H,11H2,1-3H3,(H,22,24). The van der Waals surface area contributed by atoms with Crippen molar-refractivity contribution in [1.29, 1.82) is 0 Å². The normalized spacial score (nSPS) is 10.5. The summed E-state index contributed by atoms with van der Waals surface area (Å²) in [6.07, 6.45) is 0. The number of carbonyl (C=O) groups is 2. The molecule has 2 aromatic carbocycles. The highest BCUT2D eigenvalue weighted by molar-refractivity contribution is 7.13. The Balaban J connectivity index is 1.57. The van der Waals surface area contributed by atoms with Crippen molar-refractivity contribution in [2.75, 3.05) is 11.9 Å². The van der Waals surface area contributed by atoms with Gasteiger partial charge in [0.05, 0.1) is 0 Å². The highest BCUT2D eigenvalue weighted by atomic mass is 32.1. The lowest BCUT2D eigenvalue weighted by atomic mass is 10.1. The van der Waals surface area contributed by atoms with Gasteiger partial charge in [-0.05, 0) is 44.0 Å². The molecule has 1 amide bonds. The number of anilines is 1. The van der Waals surface area contributed by atoms with E-state index < -0.39 is 5.97 Å². The van der Waals surface area contributed by atoms with Crippen LogP contribution in [-0.2, 0) is 9.53 Å². The Morgan fingerprint density at radius 3 is 2.33 bits per heavy atom. The predicted molar refractivity (Wildman–Crippen MR) is 107 cm³/mol. The van der Waals surface area contributed by atoms with E-state index in [1.165, 1.54) is 11.3 Å². The Morgan fingerprint density at radius 1 is 1.00 bits per heavy atom. The largest absolute Gasteiger partial charge is 0.451 e. The number of nitrogens with zero attached hydrogens (tertiary/aromatic N) is 1. The molecule has 3 aromatic rings. The van der Waals surface area contributed by atoms with E-state index in [-0.39, 0.29) is 18.2 Å². The summed E-state index contributed by atoms with van der Waals surface area (Å²) in [7, 11) is 0. The first-order valence-corrected chi connectivity index (χ1v) is 9.36. The molecular formula is C21H20N2O3S. The zero-order valence-electron chi connectivity index (χ0n) is 15.4. The lowest BCUT2D eigenvalue weighted by Gasteiger charge is -2.07. The summed E-state index contributed by atoms with van der Waals surface area (Å²) in [5.41, 5.74) is 5.09. The lowest BCUT2D eigenvalue weighted by Crippen LogP contribution is -2.21. The highest BCUT2D eigenvalue weighted by Gasteiger charge is 2.15. The van der Waals surface area contributed by atoms with E-state index in [0.29, 0.717) is 5.69 Å². The summed E-state index contributed by atoms with van der Waals surface area (Å²) in [6.45, 7) is 5.56. The maximum Gasteiger partial charge on any atom is 0.358 e. The summed E-state index contributed by atoms with van der Waals surface area (Å²) in [5, 5.41) is 5.11. The molecule has 0 aliphatic rings. The van der Waals surface area contributed by atoms with Crippen LogP contribution in [0.4, 0.5) is 5.69 Å². The van der Waals surface area contributed by atoms with Crippen LogP contribution in [-0.4, -0.2) is 23.5 Å². The molecule has 138 valence electrons. The van der Waals surface area contributed by atoms with Crippen molar-refractivity contribution in [3.8, 4) is 10.6 Å². The van der Waals surface area contributed by atoms with E-state index >= 15 is 0 Å². The van der Waals surface area contributed by atoms with Crippen molar-refractivity contribution in [3.05, 3.63) is 70.2 Å². The molecule has 0 fully saturated rings. The van der Waals surface area contributed by atoms with E-state index in [0.717, 1.165) is 27.3 Å². The van der Waals surface area contributed by atoms with Gasteiger partial charge in [0.25, 0.3) is 5.91 Å². The summed E-state index contributed by atoms with van der Waals surface area (Å²) in [6, 6.07) is 13.6. The maximum atomic E-state index is 12.2. The van der Waals surface area contributed by atoms with E-state index in [9.17, 15) is 9.59 Å². The van der Waals surface area contributed by atoms with Crippen LogP contribution >= 0.6 is 11.3 Å². The molecule has 0 saturated heterocycles. The predicted octanol–water partition coefficient (Wildman–Crippen LogP) is 4.53. The van der Waals surface area contributed by atoms with Gasteiger partial charge < -0.3 is 10.1 Å². The molecule has 0 bridgehead atoms. The highest BCUT2D eigenvalue weighted by Crippen LogP contribution is 2.24. The first-order chi connectivity index (χ1) is 12.9. The molecule has 6 heteroatoms. The second-order valence-electron chi connectivity index (χ2n) is 6.40. The molecule has 0 aliphatic heterocycles. The van der Waals surface area contributed by atoms with Crippen LogP contribution < -0.4 is 5.32 Å². The quantitative estimate of drug-likeness (QED) is 0.660. The fourth-order valence-corrected chi connectivity index (χ4v) is 3.44. The zero-order chi connectivity index (χ0) is 19.4. The number of hydrogen-bond donors (Lipinski definition) is 1. The number of hydrogen-bond acceptors (Lipinski definition) is 5. The van der Waals surface area contributed by atoms with Crippen molar-refractivity contribution in [1.82, 2.24) is 4.98 Å². The second-order valence-corrected chi connectivity index (χ2v) is 7.26. The third-order valence-electron chi connectivity index (χ3n) is 3.85. The van der Waals surface area contributed by atoms with Crippen molar-refractivity contribution < 1.29 is 14.3 Å². The van der Waals surface area contributed by atoms with Crippen LogP contribution in [0.25, 0.3) is 10.6 Å². The first kappa shape index (κ1) is 18.8. The number of carbonyl (C=O) groups excluding carboxylic acids is 2. The minimum absolute atomic E-state index is 0.203. The zero-order valence-corrected chi connectivity index (χ0v) is 16.2. The Bertz CT molecular complexity index is 957. The van der Waals surface area contributed by atoms with Crippen LogP contribution in [0.2, 0.25) is 0 Å². The van der Waals surface area contributed by atoms with Gasteiger partial charge in [-0.15, -0.1) is 11.3 Å². The number of benzene rings is 2. The second kappa shape index (κ2) is 8.14. The van der Waals surface area contributed by atoms with Crippen molar-refractivity contribution >= 4 is 28.9 Å². The van der Waals surface area contributed by atoms with Gasteiger partial charge in [-0.1, -0.05) is 35.9 Å². The molecule has 1 aromatic heterocycles. The SMILES string of the molecule is Cc1ccc(-c2nc(C(=O)OCC(=O)Nc3cc(C)cc(C)c3)cs2)cc1. The third kappa shape index (κ3) is 5.01. The molecule has 27 heavy (non-hydrogen) atoms. The number of rotatable bonds is 5. The molecule has 0 atom stereocenters. The Labute approximate surface area is 162 Å². The fourth-order valence-electron chi connectivity index (χ4n) is 2.65. The van der Waals surface area contributed by atoms with Gasteiger partial charge in [-0.25, -0.2) is 9.78 Å². The summed E-state index contributed by atoms with van der Waals surface area (Å²) >= 11 is 1.36. The average Bonchev–Trinajstić information content (AvgIpc) is 3.09. The maximum absolute atomic E-state index is 12.2. The average molecular weight is 380 g/mol. The van der Waals surface area contributed by atoms with Gasteiger partial charge >= 0.3 is 5.97 Å². The molecule has 1 N–H and O–H groups in total. The summed E-state index contributed by atoms with van der Waals surface area (Å²) in [4.78, 5) is 28.5. The third-order valence-corrected chi connectivity index (χ3v) is 4.74. The molecule has 0 saturated carbocycles.